The summed E-state index contributed by atoms with van der Waals surface area (Å²) in [5, 5.41) is 2.78. The minimum Gasteiger partial charge on any atom is -0.326 e. The number of hydrogen-bond acceptors (Lipinski definition) is 2. The molecule has 4 rings (SSSR count). The van der Waals surface area contributed by atoms with Gasteiger partial charge in [0.2, 0.25) is 11.8 Å². The van der Waals surface area contributed by atoms with Gasteiger partial charge in [-0.05, 0) is 48.2 Å². The zero-order chi connectivity index (χ0) is 20.9. The summed E-state index contributed by atoms with van der Waals surface area (Å²) in [6.07, 6.45) is 2.47. The predicted octanol–water partition coefficient (Wildman–Crippen LogP) is 5.36. The van der Waals surface area contributed by atoms with Crippen LogP contribution in [0.1, 0.15) is 43.2 Å². The number of nitrogens with zero attached hydrogens (tertiary/aromatic N) is 1. The first-order valence-corrected chi connectivity index (χ1v) is 10.4. The molecule has 3 aromatic rings. The second kappa shape index (κ2) is 8.95. The van der Waals surface area contributed by atoms with E-state index in [0.717, 1.165) is 35.3 Å². The van der Waals surface area contributed by atoms with Gasteiger partial charge in [0, 0.05) is 36.7 Å². The van der Waals surface area contributed by atoms with Gasteiger partial charge in [0.25, 0.3) is 0 Å². The molecule has 0 radical (unpaired) electrons. The molecule has 3 aromatic carbocycles. The van der Waals surface area contributed by atoms with Crippen molar-refractivity contribution in [2.75, 3.05) is 10.2 Å². The fourth-order valence-electron chi connectivity index (χ4n) is 3.87. The molecule has 0 spiro atoms. The van der Waals surface area contributed by atoms with E-state index in [-0.39, 0.29) is 23.8 Å². The van der Waals surface area contributed by atoms with E-state index in [1.165, 1.54) is 6.92 Å². The first-order valence-electron chi connectivity index (χ1n) is 10.4. The van der Waals surface area contributed by atoms with Crippen molar-refractivity contribution in [3.63, 3.8) is 0 Å². The molecule has 1 fully saturated rings. The van der Waals surface area contributed by atoms with E-state index in [4.69, 9.17) is 0 Å². The molecular weight excluding hydrogens is 372 g/mol. The average Bonchev–Trinajstić information content (AvgIpc) is 3.59. The Morgan fingerprint density at radius 3 is 1.87 bits per heavy atom. The summed E-state index contributed by atoms with van der Waals surface area (Å²) in [6, 6.07) is 28.3. The Labute approximate surface area is 177 Å². The monoisotopic (exact) mass is 398 g/mol. The van der Waals surface area contributed by atoms with Gasteiger partial charge in [-0.25, -0.2) is 0 Å². The van der Waals surface area contributed by atoms with E-state index in [0.29, 0.717) is 6.42 Å². The van der Waals surface area contributed by atoms with Crippen LogP contribution < -0.4 is 10.2 Å². The molecule has 1 aliphatic carbocycles. The second-order valence-corrected chi connectivity index (χ2v) is 7.80. The molecule has 4 heteroatoms. The summed E-state index contributed by atoms with van der Waals surface area (Å²) in [5.74, 6) is 0.0359. The third-order valence-electron chi connectivity index (χ3n) is 5.43. The van der Waals surface area contributed by atoms with E-state index in [9.17, 15) is 9.59 Å². The molecule has 0 aromatic heterocycles. The van der Waals surface area contributed by atoms with Crippen molar-refractivity contribution >= 4 is 23.2 Å². The van der Waals surface area contributed by atoms with Crippen molar-refractivity contribution < 1.29 is 9.59 Å². The van der Waals surface area contributed by atoms with E-state index < -0.39 is 0 Å². The summed E-state index contributed by atoms with van der Waals surface area (Å²) in [7, 11) is 0. The molecule has 152 valence electrons. The Balaban J connectivity index is 1.59. The van der Waals surface area contributed by atoms with Crippen molar-refractivity contribution in [1.29, 1.82) is 0 Å². The van der Waals surface area contributed by atoms with E-state index in [1.54, 1.807) is 0 Å². The second-order valence-electron chi connectivity index (χ2n) is 7.80. The van der Waals surface area contributed by atoms with Crippen LogP contribution in [0.25, 0.3) is 0 Å². The van der Waals surface area contributed by atoms with Crippen molar-refractivity contribution in [2.24, 2.45) is 0 Å². The zero-order valence-electron chi connectivity index (χ0n) is 17.1. The lowest BCUT2D eigenvalue weighted by molar-refractivity contribution is -0.119. The normalized spacial score (nSPS) is 13.1. The van der Waals surface area contributed by atoms with Crippen LogP contribution in [0.2, 0.25) is 0 Å². The highest BCUT2D eigenvalue weighted by atomic mass is 16.2. The molecule has 4 nitrogen and oxygen atoms in total. The van der Waals surface area contributed by atoms with Gasteiger partial charge in [0.1, 0.15) is 0 Å². The molecule has 2 amide bonds. The van der Waals surface area contributed by atoms with Crippen LogP contribution in [0.3, 0.4) is 0 Å². The summed E-state index contributed by atoms with van der Waals surface area (Å²) in [5.41, 5.74) is 3.92. The van der Waals surface area contributed by atoms with Crippen molar-refractivity contribution in [3.8, 4) is 0 Å². The molecular formula is C26H26N2O2. The Morgan fingerprint density at radius 2 is 1.40 bits per heavy atom. The molecule has 0 atom stereocenters. The Hall–Kier alpha value is -3.40. The summed E-state index contributed by atoms with van der Waals surface area (Å²) < 4.78 is 0. The fraction of sp³-hybridized carbons (Fsp3) is 0.231. The van der Waals surface area contributed by atoms with Gasteiger partial charge >= 0.3 is 0 Å². The summed E-state index contributed by atoms with van der Waals surface area (Å²) in [6.45, 7) is 1.49. The summed E-state index contributed by atoms with van der Waals surface area (Å²) >= 11 is 0. The number of anilines is 2. The average molecular weight is 399 g/mol. The van der Waals surface area contributed by atoms with E-state index in [1.807, 2.05) is 65.6 Å². The number of nitrogens with one attached hydrogen (secondary N) is 1. The number of carbonyl (C=O) groups is 2. The van der Waals surface area contributed by atoms with Crippen LogP contribution in [0.4, 0.5) is 11.4 Å². The van der Waals surface area contributed by atoms with Crippen LogP contribution in [-0.4, -0.2) is 17.9 Å². The predicted molar refractivity (Wildman–Crippen MR) is 121 cm³/mol. The molecule has 1 saturated carbocycles. The van der Waals surface area contributed by atoms with Crippen LogP contribution in [0.5, 0.6) is 0 Å². The smallest absolute Gasteiger partial charge is 0.228 e. The van der Waals surface area contributed by atoms with Crippen LogP contribution in [-0.2, 0) is 9.59 Å². The SMILES string of the molecule is CC(=O)Nc1ccc(N(C(=O)CC(c2ccccc2)c2ccccc2)C2CC2)cc1. The number of carbonyl (C=O) groups excluding carboxylic acids is 2. The van der Waals surface area contributed by atoms with Gasteiger partial charge < -0.3 is 10.2 Å². The van der Waals surface area contributed by atoms with Crippen molar-refractivity contribution in [3.05, 3.63) is 96.1 Å². The Morgan fingerprint density at radius 1 is 0.867 bits per heavy atom. The standard InChI is InChI=1S/C26H26N2O2/c1-19(29)27-22-12-14-23(15-13-22)28(24-16-17-24)26(30)18-25(20-8-4-2-5-9-20)21-10-6-3-7-11-21/h2-15,24-25H,16-18H2,1H3,(H,27,29). The molecule has 0 heterocycles. The number of rotatable bonds is 7. The zero-order valence-corrected chi connectivity index (χ0v) is 17.1. The fourth-order valence-corrected chi connectivity index (χ4v) is 3.87. The van der Waals surface area contributed by atoms with Gasteiger partial charge in [0.05, 0.1) is 0 Å². The number of benzene rings is 3. The molecule has 0 saturated heterocycles. The quantitative estimate of drug-likeness (QED) is 0.582. The molecule has 1 N–H and O–H groups in total. The minimum absolute atomic E-state index is 0.0137. The molecule has 0 aliphatic heterocycles. The number of amides is 2. The molecule has 0 unspecified atom stereocenters. The maximum Gasteiger partial charge on any atom is 0.228 e. The lowest BCUT2D eigenvalue weighted by Gasteiger charge is -2.26. The lowest BCUT2D eigenvalue weighted by Crippen LogP contribution is -2.34. The van der Waals surface area contributed by atoms with Gasteiger partial charge in [-0.15, -0.1) is 0 Å². The van der Waals surface area contributed by atoms with Gasteiger partial charge in [-0.3, -0.25) is 9.59 Å². The van der Waals surface area contributed by atoms with Crippen LogP contribution >= 0.6 is 0 Å². The highest BCUT2D eigenvalue weighted by Gasteiger charge is 2.35. The third-order valence-corrected chi connectivity index (χ3v) is 5.43. The van der Waals surface area contributed by atoms with Gasteiger partial charge in [0.15, 0.2) is 0 Å². The maximum absolute atomic E-state index is 13.5. The summed E-state index contributed by atoms with van der Waals surface area (Å²) in [4.78, 5) is 26.7. The van der Waals surface area contributed by atoms with Crippen molar-refractivity contribution in [2.45, 2.75) is 38.1 Å². The Bertz CT molecular complexity index is 957. The van der Waals surface area contributed by atoms with Crippen LogP contribution in [0, 0.1) is 0 Å². The Kier molecular flexibility index (Phi) is 5.94. The molecule has 1 aliphatic rings. The molecule has 0 bridgehead atoms. The first-order chi connectivity index (χ1) is 14.6. The van der Waals surface area contributed by atoms with Gasteiger partial charge in [-0.2, -0.15) is 0 Å². The highest BCUT2D eigenvalue weighted by molar-refractivity contribution is 5.96. The third kappa shape index (κ3) is 4.77. The highest BCUT2D eigenvalue weighted by Crippen LogP contribution is 2.36. The largest absolute Gasteiger partial charge is 0.326 e. The minimum atomic E-state index is -0.105. The first kappa shape index (κ1) is 19.9. The topological polar surface area (TPSA) is 49.4 Å². The van der Waals surface area contributed by atoms with Gasteiger partial charge in [-0.1, -0.05) is 60.7 Å². The number of hydrogen-bond donors (Lipinski definition) is 1. The molecule has 30 heavy (non-hydrogen) atoms. The van der Waals surface area contributed by atoms with Crippen LogP contribution in [0.15, 0.2) is 84.9 Å². The van der Waals surface area contributed by atoms with E-state index in [2.05, 4.69) is 29.6 Å². The van der Waals surface area contributed by atoms with E-state index >= 15 is 0 Å². The maximum atomic E-state index is 13.5. The lowest BCUT2D eigenvalue weighted by atomic mass is 9.88. The van der Waals surface area contributed by atoms with Crippen molar-refractivity contribution in [1.82, 2.24) is 0 Å².